The van der Waals surface area contributed by atoms with E-state index in [1.54, 1.807) is 0 Å². The smallest absolute Gasteiger partial charge is 0.217 e. The Hall–Kier alpha value is -3.69. The topological polar surface area (TPSA) is 60.2 Å². The summed E-state index contributed by atoms with van der Waals surface area (Å²) in [6.07, 6.45) is 3.72. The molecule has 0 saturated heterocycles. The number of aromatic nitrogens is 3. The molecule has 1 aliphatic rings. The number of phenolic OH excluding ortho intramolecular Hbond substituents is 1. The molecule has 1 N–H and O–H groups in total. The van der Waals surface area contributed by atoms with Gasteiger partial charge in [-0.15, -0.1) is 17.5 Å². The van der Waals surface area contributed by atoms with Crippen LogP contribution >= 0.6 is 0 Å². The molecule has 204 valence electrons. The van der Waals surface area contributed by atoms with Gasteiger partial charge in [-0.1, -0.05) is 47.8 Å². The van der Waals surface area contributed by atoms with Gasteiger partial charge in [0.05, 0.1) is 0 Å². The Bertz CT molecular complexity index is 1940. The van der Waals surface area contributed by atoms with E-state index in [9.17, 15) is 5.11 Å². The van der Waals surface area contributed by atoms with Gasteiger partial charge in [-0.25, -0.2) is 9.97 Å². The fraction of sp³-hybridized carbons (Fsp3) is 0.235. The van der Waals surface area contributed by atoms with Gasteiger partial charge < -0.3 is 14.4 Å². The molecule has 40 heavy (non-hydrogen) atoms. The fourth-order valence-electron chi connectivity index (χ4n) is 5.92. The van der Waals surface area contributed by atoms with Crippen molar-refractivity contribution in [2.24, 2.45) is 0 Å². The van der Waals surface area contributed by atoms with E-state index < -0.39 is 0 Å². The van der Waals surface area contributed by atoms with Crippen molar-refractivity contribution in [1.29, 1.82) is 0 Å². The maximum Gasteiger partial charge on any atom is 0.217 e. The van der Waals surface area contributed by atoms with Crippen LogP contribution in [0.5, 0.6) is 17.4 Å². The number of nitrogens with zero attached hydrogens (tertiary/aromatic N) is 3. The zero-order valence-electron chi connectivity index (χ0n) is 23.0. The third-order valence-electron chi connectivity index (χ3n) is 8.23. The molecule has 6 aromatic rings. The first kappa shape index (κ1) is 26.5. The number of rotatable bonds is 4. The molecular weight excluding hydrogens is 677 g/mol. The molecule has 3 aromatic carbocycles. The van der Waals surface area contributed by atoms with Crippen molar-refractivity contribution in [2.45, 2.75) is 52.9 Å². The van der Waals surface area contributed by atoms with Crippen molar-refractivity contribution in [3.63, 3.8) is 0 Å². The minimum absolute atomic E-state index is 0. The molecule has 1 aliphatic carbocycles. The normalized spacial score (nSPS) is 13.5. The summed E-state index contributed by atoms with van der Waals surface area (Å²) in [6.45, 7) is 8.09. The van der Waals surface area contributed by atoms with E-state index in [4.69, 9.17) is 9.72 Å². The zero-order valence-corrected chi connectivity index (χ0v) is 25.3. The minimum atomic E-state index is 0. The van der Waals surface area contributed by atoms with Crippen molar-refractivity contribution in [1.82, 2.24) is 14.5 Å². The average molecular weight is 708 g/mol. The van der Waals surface area contributed by atoms with Crippen molar-refractivity contribution in [3.05, 3.63) is 94.7 Å². The standard InChI is InChI=1S/C34H30N3O2.Pt/c1-19-11-15-26(23-8-6-9-23)33-31(19)27-16-13-24(18-28(27)37(33)29-10-5-7-22(4)35-29)39-30-17-21(3)25-14-12-20(2)34(38)32(25)36-30;/h5,7,10-17,23,38H,6,8-9H2,1-4H3;/q-1;. The first-order chi connectivity index (χ1) is 18.9. The molecule has 3 heterocycles. The molecule has 0 spiro atoms. The Balaban J connectivity index is 0.00000289. The number of phenols is 1. The van der Waals surface area contributed by atoms with Crippen LogP contribution in [-0.2, 0) is 21.1 Å². The number of hydrogen-bond acceptors (Lipinski definition) is 4. The Kier molecular flexibility index (Phi) is 6.66. The Morgan fingerprint density at radius 2 is 1.65 bits per heavy atom. The van der Waals surface area contributed by atoms with Crippen LogP contribution in [0, 0.1) is 33.8 Å². The van der Waals surface area contributed by atoms with Crippen LogP contribution in [0.25, 0.3) is 38.5 Å². The summed E-state index contributed by atoms with van der Waals surface area (Å²) < 4.78 is 8.57. The van der Waals surface area contributed by atoms with E-state index >= 15 is 0 Å². The van der Waals surface area contributed by atoms with Crippen LogP contribution in [0.4, 0.5) is 0 Å². The molecule has 6 heteroatoms. The molecule has 0 radical (unpaired) electrons. The molecule has 0 aliphatic heterocycles. The van der Waals surface area contributed by atoms with E-state index in [1.807, 2.05) is 51.1 Å². The monoisotopic (exact) mass is 707 g/mol. The molecule has 0 bridgehead atoms. The van der Waals surface area contributed by atoms with Crippen molar-refractivity contribution in [3.8, 4) is 23.2 Å². The Morgan fingerprint density at radius 1 is 0.875 bits per heavy atom. The number of benzene rings is 3. The number of aryl methyl sites for hydroxylation is 4. The third kappa shape index (κ3) is 4.19. The zero-order chi connectivity index (χ0) is 26.8. The molecule has 7 rings (SSSR count). The largest absolute Gasteiger partial charge is 0.505 e. The summed E-state index contributed by atoms with van der Waals surface area (Å²) in [4.78, 5) is 9.59. The molecule has 5 nitrogen and oxygen atoms in total. The second kappa shape index (κ2) is 10.0. The average Bonchev–Trinajstić information content (AvgIpc) is 3.22. The van der Waals surface area contributed by atoms with E-state index in [1.165, 1.54) is 41.3 Å². The molecule has 3 aromatic heterocycles. The maximum atomic E-state index is 10.7. The molecule has 1 fully saturated rings. The summed E-state index contributed by atoms with van der Waals surface area (Å²) in [7, 11) is 0. The predicted molar refractivity (Wildman–Crippen MR) is 156 cm³/mol. The molecule has 0 amide bonds. The Morgan fingerprint density at radius 3 is 2.40 bits per heavy atom. The summed E-state index contributed by atoms with van der Waals surface area (Å²) in [6, 6.07) is 24.2. The molecule has 0 atom stereocenters. The summed E-state index contributed by atoms with van der Waals surface area (Å²) in [5.74, 6) is 2.64. The summed E-state index contributed by atoms with van der Waals surface area (Å²) in [5, 5.41) is 14.0. The number of fused-ring (bicyclic) bond motifs is 4. The fourth-order valence-corrected chi connectivity index (χ4v) is 5.92. The van der Waals surface area contributed by atoms with Crippen molar-refractivity contribution in [2.75, 3.05) is 0 Å². The quantitative estimate of drug-likeness (QED) is 0.187. The maximum absolute atomic E-state index is 10.7. The van der Waals surface area contributed by atoms with Gasteiger partial charge in [-0.3, -0.25) is 0 Å². The van der Waals surface area contributed by atoms with Crippen LogP contribution in [0.1, 0.15) is 53.1 Å². The van der Waals surface area contributed by atoms with Crippen LogP contribution in [-0.4, -0.2) is 19.6 Å². The summed E-state index contributed by atoms with van der Waals surface area (Å²) >= 11 is 0. The minimum Gasteiger partial charge on any atom is -0.505 e. The number of ether oxygens (including phenoxy) is 1. The van der Waals surface area contributed by atoms with Crippen molar-refractivity contribution >= 4 is 32.7 Å². The van der Waals surface area contributed by atoms with E-state index in [2.05, 4.69) is 52.9 Å². The summed E-state index contributed by atoms with van der Waals surface area (Å²) in [5.41, 5.74) is 8.08. The van der Waals surface area contributed by atoms with Gasteiger partial charge in [0, 0.05) is 49.5 Å². The Labute approximate surface area is 248 Å². The van der Waals surface area contributed by atoms with Gasteiger partial charge in [0.2, 0.25) is 5.88 Å². The second-order valence-corrected chi connectivity index (χ2v) is 10.9. The van der Waals surface area contributed by atoms with E-state index in [0.717, 1.165) is 38.9 Å². The number of pyridine rings is 2. The van der Waals surface area contributed by atoms with Crippen LogP contribution in [0.3, 0.4) is 0 Å². The third-order valence-corrected chi connectivity index (χ3v) is 8.23. The first-order valence-corrected chi connectivity index (χ1v) is 13.6. The van der Waals surface area contributed by atoms with Gasteiger partial charge in [0.15, 0.2) is 0 Å². The predicted octanol–water partition coefficient (Wildman–Crippen LogP) is 8.52. The van der Waals surface area contributed by atoms with Crippen molar-refractivity contribution < 1.29 is 30.9 Å². The van der Waals surface area contributed by atoms with Crippen LogP contribution in [0.2, 0.25) is 0 Å². The molecule has 1 saturated carbocycles. The van der Waals surface area contributed by atoms with Crippen LogP contribution < -0.4 is 4.74 Å². The second-order valence-electron chi connectivity index (χ2n) is 10.9. The number of hydrogen-bond donors (Lipinski definition) is 1. The molecule has 0 unspecified atom stereocenters. The van der Waals surface area contributed by atoms with E-state index in [0.29, 0.717) is 23.1 Å². The van der Waals surface area contributed by atoms with Gasteiger partial charge in [0.1, 0.15) is 17.1 Å². The first-order valence-electron chi connectivity index (χ1n) is 13.6. The van der Waals surface area contributed by atoms with Gasteiger partial charge in [0.25, 0.3) is 0 Å². The number of aromatic hydroxyl groups is 1. The van der Waals surface area contributed by atoms with Gasteiger partial charge >= 0.3 is 0 Å². The van der Waals surface area contributed by atoms with Crippen LogP contribution in [0.15, 0.2) is 60.7 Å². The van der Waals surface area contributed by atoms with E-state index in [-0.39, 0.29) is 26.8 Å². The SMILES string of the molecule is Cc1cccc(-n2c3[c-]c(Oc4cc(C)c5ccc(C)c(O)c5n4)ccc3c3c(C)ccc(C4CCC4)c32)n1.[Pt]. The van der Waals surface area contributed by atoms with Gasteiger partial charge in [-0.05, 0) is 80.7 Å². The van der Waals surface area contributed by atoms with Gasteiger partial charge in [-0.2, -0.15) is 6.07 Å². The molecular formula is C34H30N3O2Pt-.